The van der Waals surface area contributed by atoms with Crippen LogP contribution in [0.2, 0.25) is 0 Å². The first-order chi connectivity index (χ1) is 4.67. The Bertz CT molecular complexity index is 194. The van der Waals surface area contributed by atoms with E-state index in [0.29, 0.717) is 0 Å². The third-order valence-electron chi connectivity index (χ3n) is 1.39. The summed E-state index contributed by atoms with van der Waals surface area (Å²) in [5.74, 6) is -1.78. The van der Waals surface area contributed by atoms with Crippen LogP contribution in [0.4, 0.5) is 0 Å². The van der Waals surface area contributed by atoms with E-state index in [1.807, 2.05) is 0 Å². The maximum Gasteiger partial charge on any atom is 0.251 e. The van der Waals surface area contributed by atoms with Crippen LogP contribution in [-0.4, -0.2) is 19.8 Å². The number of hydrogen-bond acceptors (Lipinski definition) is 3. The average Bonchev–Trinajstić information content (AvgIpc) is 2.38. The van der Waals surface area contributed by atoms with E-state index < -0.39 is 5.91 Å². The van der Waals surface area contributed by atoms with E-state index in [1.54, 1.807) is 6.92 Å². The highest BCUT2D eigenvalue weighted by Crippen LogP contribution is 2.10. The molecule has 10 heavy (non-hydrogen) atoms. The molecule has 0 spiro atoms. The first kappa shape index (κ1) is 7.24. The predicted molar refractivity (Wildman–Crippen MR) is 34.9 cm³/mol. The molecular weight excluding hydrogens is 132 g/mol. The van der Waals surface area contributed by atoms with Gasteiger partial charge in [-0.2, -0.15) is 0 Å². The van der Waals surface area contributed by atoms with Gasteiger partial charge in [0.1, 0.15) is 0 Å². The number of nitrogens with zero attached hydrogens (tertiary/aromatic N) is 2. The molecule has 0 atom stereocenters. The second-order valence-corrected chi connectivity index (χ2v) is 2.10. The van der Waals surface area contributed by atoms with Crippen LogP contribution >= 0.6 is 0 Å². The van der Waals surface area contributed by atoms with Crippen LogP contribution in [-0.2, 0) is 5.91 Å². The summed E-state index contributed by atoms with van der Waals surface area (Å²) in [6.45, 7) is 1.68. The van der Waals surface area contributed by atoms with E-state index in [0.717, 1.165) is 0 Å². The summed E-state index contributed by atoms with van der Waals surface area (Å²) in [4.78, 5) is 3.68. The lowest BCUT2D eigenvalue weighted by molar-refractivity contribution is -0.230. The summed E-state index contributed by atoms with van der Waals surface area (Å²) in [5.41, 5.74) is 0. The van der Waals surface area contributed by atoms with Crippen LogP contribution in [0.15, 0.2) is 18.7 Å². The van der Waals surface area contributed by atoms with Crippen LogP contribution in [0.3, 0.4) is 0 Å². The Morgan fingerprint density at radius 1 is 1.60 bits per heavy atom. The molecule has 0 aliphatic carbocycles. The SMILES string of the molecule is CCC(O)(O)n1ccnc1. The third kappa shape index (κ3) is 1.17. The fourth-order valence-corrected chi connectivity index (χ4v) is 0.654. The van der Waals surface area contributed by atoms with Gasteiger partial charge in [0.25, 0.3) is 5.91 Å². The lowest BCUT2D eigenvalue weighted by atomic mass is 10.3. The lowest BCUT2D eigenvalue weighted by Crippen LogP contribution is -2.30. The molecule has 1 rings (SSSR count). The topological polar surface area (TPSA) is 58.3 Å². The molecule has 0 fully saturated rings. The maximum absolute atomic E-state index is 9.16. The molecule has 1 aromatic rings. The zero-order valence-electron chi connectivity index (χ0n) is 5.73. The van der Waals surface area contributed by atoms with Crippen molar-refractivity contribution in [2.75, 3.05) is 0 Å². The zero-order valence-corrected chi connectivity index (χ0v) is 5.73. The quantitative estimate of drug-likeness (QED) is 0.566. The number of aliphatic hydroxyl groups is 2. The molecule has 0 saturated heterocycles. The molecule has 4 heteroatoms. The minimum absolute atomic E-state index is 0.239. The second-order valence-electron chi connectivity index (χ2n) is 2.10. The minimum atomic E-state index is -1.78. The first-order valence-electron chi connectivity index (χ1n) is 3.10. The summed E-state index contributed by atoms with van der Waals surface area (Å²) >= 11 is 0. The largest absolute Gasteiger partial charge is 0.349 e. The summed E-state index contributed by atoms with van der Waals surface area (Å²) in [7, 11) is 0. The molecule has 0 aromatic carbocycles. The van der Waals surface area contributed by atoms with Crippen LogP contribution in [0, 0.1) is 0 Å². The van der Waals surface area contributed by atoms with Gasteiger partial charge >= 0.3 is 0 Å². The summed E-state index contributed by atoms with van der Waals surface area (Å²) < 4.78 is 1.24. The Hall–Kier alpha value is -0.870. The Morgan fingerprint density at radius 2 is 2.30 bits per heavy atom. The number of hydrogen-bond donors (Lipinski definition) is 2. The number of aromatic nitrogens is 2. The van der Waals surface area contributed by atoms with Crippen molar-refractivity contribution in [3.63, 3.8) is 0 Å². The molecule has 1 heterocycles. The van der Waals surface area contributed by atoms with Gasteiger partial charge in [0.15, 0.2) is 0 Å². The van der Waals surface area contributed by atoms with Crippen LogP contribution in [0.1, 0.15) is 13.3 Å². The molecule has 4 nitrogen and oxygen atoms in total. The Labute approximate surface area is 58.8 Å². The highest BCUT2D eigenvalue weighted by molar-refractivity contribution is 4.78. The van der Waals surface area contributed by atoms with E-state index in [-0.39, 0.29) is 6.42 Å². The van der Waals surface area contributed by atoms with Gasteiger partial charge < -0.3 is 10.2 Å². The number of imidazole rings is 1. The van der Waals surface area contributed by atoms with Crippen molar-refractivity contribution in [1.82, 2.24) is 9.55 Å². The van der Waals surface area contributed by atoms with Gasteiger partial charge in [-0.1, -0.05) is 6.92 Å². The van der Waals surface area contributed by atoms with Crippen molar-refractivity contribution in [1.29, 1.82) is 0 Å². The first-order valence-corrected chi connectivity index (χ1v) is 3.10. The van der Waals surface area contributed by atoms with Crippen molar-refractivity contribution in [3.05, 3.63) is 18.7 Å². The average molecular weight is 142 g/mol. The molecule has 0 aliphatic rings. The summed E-state index contributed by atoms with van der Waals surface area (Å²) in [5, 5.41) is 18.3. The van der Waals surface area contributed by atoms with Gasteiger partial charge in [-0.05, 0) is 0 Å². The molecule has 0 aliphatic heterocycles. The summed E-state index contributed by atoms with van der Waals surface area (Å²) in [6.07, 6.45) is 4.60. The molecule has 56 valence electrons. The number of rotatable bonds is 2. The van der Waals surface area contributed by atoms with Gasteiger partial charge in [0, 0.05) is 18.8 Å². The van der Waals surface area contributed by atoms with Gasteiger partial charge in [-0.25, -0.2) is 4.98 Å². The molecule has 0 unspecified atom stereocenters. The fraction of sp³-hybridized carbons (Fsp3) is 0.500. The van der Waals surface area contributed by atoms with Crippen molar-refractivity contribution < 1.29 is 10.2 Å². The van der Waals surface area contributed by atoms with Gasteiger partial charge in [-0.3, -0.25) is 4.57 Å². The van der Waals surface area contributed by atoms with Crippen molar-refractivity contribution in [3.8, 4) is 0 Å². The van der Waals surface area contributed by atoms with E-state index in [4.69, 9.17) is 10.2 Å². The van der Waals surface area contributed by atoms with E-state index in [1.165, 1.54) is 23.3 Å². The molecule has 1 aromatic heterocycles. The van der Waals surface area contributed by atoms with Gasteiger partial charge in [0.05, 0.1) is 6.33 Å². The molecule has 0 amide bonds. The fourth-order valence-electron chi connectivity index (χ4n) is 0.654. The van der Waals surface area contributed by atoms with Gasteiger partial charge in [0.2, 0.25) is 0 Å². The van der Waals surface area contributed by atoms with E-state index in [2.05, 4.69) is 4.98 Å². The monoisotopic (exact) mass is 142 g/mol. The second kappa shape index (κ2) is 2.40. The Morgan fingerprint density at radius 3 is 2.70 bits per heavy atom. The third-order valence-corrected chi connectivity index (χ3v) is 1.39. The van der Waals surface area contributed by atoms with Crippen molar-refractivity contribution >= 4 is 0 Å². The molecule has 2 N–H and O–H groups in total. The van der Waals surface area contributed by atoms with Crippen molar-refractivity contribution in [2.45, 2.75) is 19.3 Å². The van der Waals surface area contributed by atoms with Crippen LogP contribution in [0.5, 0.6) is 0 Å². The lowest BCUT2D eigenvalue weighted by Gasteiger charge is -2.20. The Kier molecular flexibility index (Phi) is 1.74. The highest BCUT2D eigenvalue weighted by atomic mass is 16.5. The smallest absolute Gasteiger partial charge is 0.251 e. The maximum atomic E-state index is 9.16. The van der Waals surface area contributed by atoms with Crippen molar-refractivity contribution in [2.24, 2.45) is 0 Å². The van der Waals surface area contributed by atoms with Crippen LogP contribution in [0.25, 0.3) is 0 Å². The molecule has 0 bridgehead atoms. The zero-order chi connectivity index (χ0) is 7.61. The van der Waals surface area contributed by atoms with Gasteiger partial charge in [-0.15, -0.1) is 0 Å². The van der Waals surface area contributed by atoms with E-state index >= 15 is 0 Å². The molecular formula is C6H10N2O2. The molecule has 0 saturated carbocycles. The normalized spacial score (nSPS) is 11.9. The standard InChI is InChI=1S/C6H10N2O2/c1-2-6(9,10)8-4-3-7-5-8/h3-5,9-10H,2H2,1H3. The summed E-state index contributed by atoms with van der Waals surface area (Å²) in [6, 6.07) is 0. The minimum Gasteiger partial charge on any atom is -0.349 e. The predicted octanol–water partition coefficient (Wildman–Crippen LogP) is -0.112. The van der Waals surface area contributed by atoms with E-state index in [9.17, 15) is 0 Å². The highest BCUT2D eigenvalue weighted by Gasteiger charge is 2.20. The molecule has 0 radical (unpaired) electrons. The Balaban J connectivity index is 2.85. The van der Waals surface area contributed by atoms with Crippen LogP contribution < -0.4 is 0 Å².